The second kappa shape index (κ2) is 12.3. The SMILES string of the molecule is CCCCC(=O)N(C[C@@H]1CCCO1)[C@@H]1C=C(C(=O)NCCO)[C@@H]2c3cc(CO)cc(OC)c3O[C@@H]2[C@H]1O. The van der Waals surface area contributed by atoms with E-state index in [2.05, 4.69) is 5.32 Å². The molecule has 37 heavy (non-hydrogen) atoms. The predicted molar refractivity (Wildman–Crippen MR) is 134 cm³/mol. The molecule has 4 N–H and O–H groups in total. The maximum absolute atomic E-state index is 13.4. The Hall–Kier alpha value is -2.66. The van der Waals surface area contributed by atoms with Gasteiger partial charge < -0.3 is 39.7 Å². The number of nitrogens with zero attached hydrogens (tertiary/aromatic N) is 1. The number of aliphatic hydroxyl groups is 3. The lowest BCUT2D eigenvalue weighted by molar-refractivity contribution is -0.139. The van der Waals surface area contributed by atoms with Gasteiger partial charge in [0.15, 0.2) is 11.5 Å². The zero-order valence-electron chi connectivity index (χ0n) is 21.5. The highest BCUT2D eigenvalue weighted by Gasteiger charge is 2.51. The van der Waals surface area contributed by atoms with Crippen LogP contribution in [0.4, 0.5) is 0 Å². The van der Waals surface area contributed by atoms with Crippen molar-refractivity contribution in [3.63, 3.8) is 0 Å². The van der Waals surface area contributed by atoms with Crippen molar-refractivity contribution in [2.24, 2.45) is 0 Å². The van der Waals surface area contributed by atoms with Crippen LogP contribution in [-0.4, -0.2) is 89.8 Å². The smallest absolute Gasteiger partial charge is 0.247 e. The summed E-state index contributed by atoms with van der Waals surface area (Å²) < 4.78 is 17.5. The molecule has 0 spiro atoms. The molecular weight excluding hydrogens is 480 g/mol. The summed E-state index contributed by atoms with van der Waals surface area (Å²) in [6, 6.07) is 2.61. The molecule has 204 valence electrons. The predicted octanol–water partition coefficient (Wildman–Crippen LogP) is 1.01. The minimum atomic E-state index is -1.12. The van der Waals surface area contributed by atoms with Gasteiger partial charge >= 0.3 is 0 Å². The van der Waals surface area contributed by atoms with Gasteiger partial charge in [0, 0.05) is 37.3 Å². The molecule has 2 heterocycles. The molecule has 0 aromatic heterocycles. The lowest BCUT2D eigenvalue weighted by Crippen LogP contribution is -2.57. The quantitative estimate of drug-likeness (QED) is 0.341. The van der Waals surface area contributed by atoms with Gasteiger partial charge in [-0.3, -0.25) is 9.59 Å². The molecule has 0 bridgehead atoms. The number of nitrogens with one attached hydrogen (secondary N) is 1. The van der Waals surface area contributed by atoms with Gasteiger partial charge in [-0.25, -0.2) is 0 Å². The molecule has 1 aromatic carbocycles. The third-order valence-electron chi connectivity index (χ3n) is 7.34. The van der Waals surface area contributed by atoms with Crippen molar-refractivity contribution in [3.05, 3.63) is 34.9 Å². The molecule has 10 nitrogen and oxygen atoms in total. The number of benzene rings is 1. The molecule has 1 aromatic rings. The van der Waals surface area contributed by atoms with E-state index in [0.717, 1.165) is 19.3 Å². The Labute approximate surface area is 217 Å². The number of carbonyl (C=O) groups excluding carboxylic acids is 2. The van der Waals surface area contributed by atoms with Crippen molar-refractivity contribution in [2.45, 2.75) is 75.9 Å². The second-order valence-corrected chi connectivity index (χ2v) is 9.80. The Bertz CT molecular complexity index is 1010. The number of carbonyl (C=O) groups is 2. The van der Waals surface area contributed by atoms with Gasteiger partial charge in [-0.05, 0) is 43.0 Å². The van der Waals surface area contributed by atoms with Crippen LogP contribution in [-0.2, 0) is 20.9 Å². The fourth-order valence-corrected chi connectivity index (χ4v) is 5.49. The van der Waals surface area contributed by atoms with Crippen molar-refractivity contribution in [1.29, 1.82) is 0 Å². The number of fused-ring (bicyclic) bond motifs is 3. The van der Waals surface area contributed by atoms with Crippen molar-refractivity contribution in [2.75, 3.05) is 33.4 Å². The lowest BCUT2D eigenvalue weighted by atomic mass is 9.77. The van der Waals surface area contributed by atoms with Crippen LogP contribution < -0.4 is 14.8 Å². The molecule has 1 fully saturated rings. The fourth-order valence-electron chi connectivity index (χ4n) is 5.49. The number of unbranched alkanes of at least 4 members (excludes halogenated alkanes) is 1. The van der Waals surface area contributed by atoms with E-state index in [1.807, 2.05) is 6.92 Å². The van der Waals surface area contributed by atoms with Gasteiger partial charge in [-0.1, -0.05) is 13.3 Å². The maximum Gasteiger partial charge on any atom is 0.247 e. The lowest BCUT2D eigenvalue weighted by Gasteiger charge is -2.41. The van der Waals surface area contributed by atoms with E-state index in [0.29, 0.717) is 54.2 Å². The zero-order chi connectivity index (χ0) is 26.5. The first-order chi connectivity index (χ1) is 17.9. The topological polar surface area (TPSA) is 138 Å². The van der Waals surface area contributed by atoms with E-state index in [1.54, 1.807) is 23.1 Å². The number of aliphatic hydroxyl groups excluding tert-OH is 3. The molecule has 2 amide bonds. The highest BCUT2D eigenvalue weighted by Crippen LogP contribution is 2.51. The van der Waals surface area contributed by atoms with E-state index in [-0.39, 0.29) is 31.8 Å². The normalized spacial score (nSPS) is 26.1. The van der Waals surface area contributed by atoms with Crippen LogP contribution >= 0.6 is 0 Å². The first-order valence-electron chi connectivity index (χ1n) is 13.1. The molecule has 10 heteroatoms. The molecule has 4 rings (SSSR count). The summed E-state index contributed by atoms with van der Waals surface area (Å²) in [5.74, 6) is -0.371. The van der Waals surface area contributed by atoms with E-state index in [1.165, 1.54) is 7.11 Å². The van der Waals surface area contributed by atoms with Gasteiger partial charge in [0.2, 0.25) is 11.8 Å². The summed E-state index contributed by atoms with van der Waals surface area (Å²) >= 11 is 0. The van der Waals surface area contributed by atoms with Crippen LogP contribution in [0.15, 0.2) is 23.8 Å². The molecule has 5 atom stereocenters. The molecule has 0 saturated carbocycles. The van der Waals surface area contributed by atoms with Crippen LogP contribution in [0.2, 0.25) is 0 Å². The van der Waals surface area contributed by atoms with Crippen molar-refractivity contribution >= 4 is 11.8 Å². The second-order valence-electron chi connectivity index (χ2n) is 9.80. The largest absolute Gasteiger partial charge is 0.493 e. The van der Waals surface area contributed by atoms with Gasteiger partial charge in [0.25, 0.3) is 0 Å². The van der Waals surface area contributed by atoms with Crippen molar-refractivity contribution < 1.29 is 39.1 Å². The van der Waals surface area contributed by atoms with E-state index >= 15 is 0 Å². The number of hydrogen-bond acceptors (Lipinski definition) is 8. The van der Waals surface area contributed by atoms with Crippen LogP contribution in [0.1, 0.15) is 56.1 Å². The Morgan fingerprint density at radius 2 is 2.08 bits per heavy atom. The Morgan fingerprint density at radius 1 is 1.27 bits per heavy atom. The average Bonchev–Trinajstić information content (AvgIpc) is 3.57. The Balaban J connectivity index is 1.76. The Morgan fingerprint density at radius 3 is 2.73 bits per heavy atom. The summed E-state index contributed by atoms with van der Waals surface area (Å²) in [4.78, 5) is 28.4. The van der Waals surface area contributed by atoms with Gasteiger partial charge in [0.1, 0.15) is 12.2 Å². The molecule has 2 aliphatic heterocycles. The third-order valence-corrected chi connectivity index (χ3v) is 7.34. The summed E-state index contributed by atoms with van der Waals surface area (Å²) in [6.07, 6.45) is 3.18. The number of rotatable bonds is 11. The van der Waals surface area contributed by atoms with Crippen molar-refractivity contribution in [3.8, 4) is 11.5 Å². The van der Waals surface area contributed by atoms with Crippen molar-refractivity contribution in [1.82, 2.24) is 10.2 Å². The highest BCUT2D eigenvalue weighted by molar-refractivity contribution is 5.96. The van der Waals surface area contributed by atoms with Crippen LogP contribution in [0.3, 0.4) is 0 Å². The number of ether oxygens (including phenoxy) is 3. The first-order valence-corrected chi connectivity index (χ1v) is 13.1. The monoisotopic (exact) mass is 518 g/mol. The van der Waals surface area contributed by atoms with Gasteiger partial charge in [-0.15, -0.1) is 0 Å². The maximum atomic E-state index is 13.4. The fraction of sp³-hybridized carbons (Fsp3) is 0.630. The summed E-state index contributed by atoms with van der Waals surface area (Å²) in [6.45, 7) is 2.56. The summed E-state index contributed by atoms with van der Waals surface area (Å²) in [5, 5.41) is 33.4. The number of methoxy groups -OCH3 is 1. The minimum absolute atomic E-state index is 0.0591. The highest BCUT2D eigenvalue weighted by atomic mass is 16.5. The van der Waals surface area contributed by atoms with Gasteiger partial charge in [-0.2, -0.15) is 0 Å². The average molecular weight is 519 g/mol. The Kier molecular flexibility index (Phi) is 9.07. The standard InChI is InChI=1S/C27H38N2O8/c1-3-4-7-22(32)29(14-17-6-5-10-36-17)20-13-19(27(34)28-8-9-30)23-18-11-16(15-31)12-21(35-2)25(18)37-26(23)24(20)33/h11-13,17,20,23-24,26,30-31,33H,3-10,14-15H2,1-2H3,(H,28,34)/t17-,20+,23-,24-,26-/m0/s1. The van der Waals surface area contributed by atoms with Gasteiger partial charge in [0.05, 0.1) is 38.4 Å². The number of amides is 2. The minimum Gasteiger partial charge on any atom is -0.493 e. The summed E-state index contributed by atoms with van der Waals surface area (Å²) in [7, 11) is 1.49. The number of hydrogen-bond donors (Lipinski definition) is 4. The molecule has 1 saturated heterocycles. The zero-order valence-corrected chi connectivity index (χ0v) is 21.5. The summed E-state index contributed by atoms with van der Waals surface area (Å²) in [5.41, 5.74) is 1.55. The molecule has 0 unspecified atom stereocenters. The van der Waals surface area contributed by atoms with E-state index < -0.39 is 30.1 Å². The first kappa shape index (κ1) is 27.4. The molecule has 0 radical (unpaired) electrons. The van der Waals surface area contributed by atoms with Crippen LogP contribution in [0.5, 0.6) is 11.5 Å². The van der Waals surface area contributed by atoms with Crippen LogP contribution in [0.25, 0.3) is 0 Å². The third kappa shape index (κ3) is 5.62. The van der Waals surface area contributed by atoms with E-state index in [4.69, 9.17) is 14.2 Å². The van der Waals surface area contributed by atoms with E-state index in [9.17, 15) is 24.9 Å². The molecule has 3 aliphatic rings. The molecular formula is C27H38N2O8. The molecule has 1 aliphatic carbocycles. The van der Waals surface area contributed by atoms with Crippen LogP contribution in [0, 0.1) is 0 Å².